The van der Waals surface area contributed by atoms with Crippen LogP contribution in [0.25, 0.3) is 0 Å². The van der Waals surface area contributed by atoms with Gasteiger partial charge in [-0.15, -0.1) is 0 Å². The van der Waals surface area contributed by atoms with Crippen LogP contribution >= 0.6 is 11.6 Å². The number of carbonyl (C=O) groups is 2. The second-order valence-electron chi connectivity index (χ2n) is 5.78. The van der Waals surface area contributed by atoms with E-state index in [9.17, 15) is 9.59 Å². The van der Waals surface area contributed by atoms with Crippen molar-refractivity contribution in [2.24, 2.45) is 5.92 Å². The molecule has 1 saturated heterocycles. The van der Waals surface area contributed by atoms with Crippen molar-refractivity contribution in [1.29, 1.82) is 0 Å². The van der Waals surface area contributed by atoms with Gasteiger partial charge in [0.1, 0.15) is 0 Å². The number of hydrogen-bond acceptors (Lipinski definition) is 2. The molecule has 0 spiro atoms. The highest BCUT2D eigenvalue weighted by Gasteiger charge is 2.33. The summed E-state index contributed by atoms with van der Waals surface area (Å²) in [6, 6.07) is 7.00. The normalized spacial score (nSPS) is 19.0. The molecule has 0 saturated carbocycles. The molecule has 2 rings (SSSR count). The molecule has 0 bridgehead atoms. The van der Waals surface area contributed by atoms with E-state index >= 15 is 0 Å². The smallest absolute Gasteiger partial charge is 0.254 e. The lowest BCUT2D eigenvalue weighted by atomic mass is 9.98. The monoisotopic (exact) mass is 308 g/mol. The number of nitrogens with zero attached hydrogens (tertiary/aromatic N) is 2. The fraction of sp³-hybridized carbons (Fsp3) is 0.500. The first-order valence-corrected chi connectivity index (χ1v) is 7.60. The number of benzene rings is 1. The van der Waals surface area contributed by atoms with Gasteiger partial charge in [-0.25, -0.2) is 0 Å². The zero-order valence-corrected chi connectivity index (χ0v) is 13.4. The van der Waals surface area contributed by atoms with E-state index in [1.807, 2.05) is 9.80 Å². The third-order valence-electron chi connectivity index (χ3n) is 3.99. The van der Waals surface area contributed by atoms with Crippen molar-refractivity contribution in [3.8, 4) is 0 Å². The Hall–Kier alpha value is -1.55. The first kappa shape index (κ1) is 15.8. The molecule has 1 heterocycles. The van der Waals surface area contributed by atoms with Crippen LogP contribution in [0.2, 0.25) is 5.02 Å². The Kier molecular flexibility index (Phi) is 4.88. The first-order valence-electron chi connectivity index (χ1n) is 7.22. The lowest BCUT2D eigenvalue weighted by molar-refractivity contribution is -0.131. The fourth-order valence-electron chi connectivity index (χ4n) is 2.68. The summed E-state index contributed by atoms with van der Waals surface area (Å²) in [6.07, 6.45) is 0. The number of piperazine rings is 1. The highest BCUT2D eigenvalue weighted by molar-refractivity contribution is 6.30. The van der Waals surface area contributed by atoms with Crippen LogP contribution in [0, 0.1) is 5.92 Å². The Balaban J connectivity index is 2.19. The Morgan fingerprint density at radius 1 is 1.19 bits per heavy atom. The number of amides is 2. The topological polar surface area (TPSA) is 40.6 Å². The molecule has 0 aromatic heterocycles. The molecule has 0 radical (unpaired) electrons. The summed E-state index contributed by atoms with van der Waals surface area (Å²) in [5.74, 6) is 0.371. The molecule has 0 aliphatic carbocycles. The quantitative estimate of drug-likeness (QED) is 0.843. The van der Waals surface area contributed by atoms with E-state index in [-0.39, 0.29) is 17.9 Å². The summed E-state index contributed by atoms with van der Waals surface area (Å²) in [5, 5.41) is 0.619. The van der Waals surface area contributed by atoms with Crippen LogP contribution in [-0.4, -0.2) is 47.3 Å². The van der Waals surface area contributed by atoms with Gasteiger partial charge in [0.25, 0.3) is 5.91 Å². The van der Waals surface area contributed by atoms with Crippen molar-refractivity contribution >= 4 is 23.4 Å². The van der Waals surface area contributed by atoms with Crippen LogP contribution in [0.4, 0.5) is 0 Å². The van der Waals surface area contributed by atoms with Crippen molar-refractivity contribution < 1.29 is 9.59 Å². The average Bonchev–Trinajstić information content (AvgIpc) is 2.46. The standard InChI is InChI=1S/C16H21ClN2O2/c1-11(2)15-10-18(12(3)20)8-9-19(15)16(21)13-4-6-14(17)7-5-13/h4-7,11,15H,8-10H2,1-3H3/t15-/m0/s1. The summed E-state index contributed by atoms with van der Waals surface area (Å²) in [5.41, 5.74) is 0.640. The van der Waals surface area contributed by atoms with Crippen LogP contribution in [0.15, 0.2) is 24.3 Å². The Labute approximate surface area is 130 Å². The van der Waals surface area contributed by atoms with E-state index in [4.69, 9.17) is 11.6 Å². The molecule has 2 amide bonds. The Morgan fingerprint density at radius 2 is 1.81 bits per heavy atom. The largest absolute Gasteiger partial charge is 0.339 e. The summed E-state index contributed by atoms with van der Waals surface area (Å²) >= 11 is 5.87. The van der Waals surface area contributed by atoms with Crippen molar-refractivity contribution in [3.05, 3.63) is 34.9 Å². The van der Waals surface area contributed by atoms with Crippen LogP contribution < -0.4 is 0 Å². The van der Waals surface area contributed by atoms with Gasteiger partial charge in [0.15, 0.2) is 0 Å². The molecule has 1 aromatic rings. The molecule has 5 heteroatoms. The van der Waals surface area contributed by atoms with Crippen LogP contribution in [0.3, 0.4) is 0 Å². The molecule has 21 heavy (non-hydrogen) atoms. The highest BCUT2D eigenvalue weighted by Crippen LogP contribution is 2.21. The summed E-state index contributed by atoms with van der Waals surface area (Å²) in [4.78, 5) is 27.9. The number of carbonyl (C=O) groups excluding carboxylic acids is 2. The van der Waals surface area contributed by atoms with Gasteiger partial charge in [-0.2, -0.15) is 0 Å². The third kappa shape index (κ3) is 3.56. The van der Waals surface area contributed by atoms with E-state index in [1.54, 1.807) is 31.2 Å². The Bertz CT molecular complexity index is 528. The van der Waals surface area contributed by atoms with Crippen molar-refractivity contribution in [2.75, 3.05) is 19.6 Å². The fourth-order valence-corrected chi connectivity index (χ4v) is 2.80. The third-order valence-corrected chi connectivity index (χ3v) is 4.24. The predicted octanol–water partition coefficient (Wildman–Crippen LogP) is 2.67. The van der Waals surface area contributed by atoms with Gasteiger partial charge in [-0.3, -0.25) is 9.59 Å². The van der Waals surface area contributed by atoms with E-state index < -0.39 is 0 Å². The predicted molar refractivity (Wildman–Crippen MR) is 83.4 cm³/mol. The van der Waals surface area contributed by atoms with Gasteiger partial charge >= 0.3 is 0 Å². The lowest BCUT2D eigenvalue weighted by Crippen LogP contribution is -2.58. The van der Waals surface area contributed by atoms with E-state index in [0.29, 0.717) is 36.1 Å². The van der Waals surface area contributed by atoms with Gasteiger partial charge in [0.2, 0.25) is 5.91 Å². The van der Waals surface area contributed by atoms with Gasteiger partial charge in [-0.05, 0) is 30.2 Å². The first-order chi connectivity index (χ1) is 9.90. The Morgan fingerprint density at radius 3 is 2.33 bits per heavy atom. The van der Waals surface area contributed by atoms with E-state index in [2.05, 4.69) is 13.8 Å². The van der Waals surface area contributed by atoms with Crippen molar-refractivity contribution in [1.82, 2.24) is 9.80 Å². The summed E-state index contributed by atoms with van der Waals surface area (Å²) in [6.45, 7) is 7.51. The lowest BCUT2D eigenvalue weighted by Gasteiger charge is -2.43. The molecule has 1 atom stereocenters. The van der Waals surface area contributed by atoms with Gasteiger partial charge in [0, 0.05) is 37.1 Å². The molecule has 1 aliphatic heterocycles. The molecular weight excluding hydrogens is 288 g/mol. The van der Waals surface area contributed by atoms with Gasteiger partial charge in [0.05, 0.1) is 6.04 Å². The minimum absolute atomic E-state index is 0.00793. The van der Waals surface area contributed by atoms with Crippen molar-refractivity contribution in [3.63, 3.8) is 0 Å². The maximum atomic E-state index is 12.7. The second kappa shape index (κ2) is 6.48. The van der Waals surface area contributed by atoms with E-state index in [1.165, 1.54) is 0 Å². The number of hydrogen-bond donors (Lipinski definition) is 0. The molecule has 1 aliphatic rings. The van der Waals surface area contributed by atoms with Crippen molar-refractivity contribution in [2.45, 2.75) is 26.8 Å². The average molecular weight is 309 g/mol. The van der Waals surface area contributed by atoms with Crippen LogP contribution in [0.1, 0.15) is 31.1 Å². The summed E-state index contributed by atoms with van der Waals surface area (Å²) < 4.78 is 0. The number of rotatable bonds is 2. The van der Waals surface area contributed by atoms with Crippen LogP contribution in [0.5, 0.6) is 0 Å². The second-order valence-corrected chi connectivity index (χ2v) is 6.22. The van der Waals surface area contributed by atoms with E-state index in [0.717, 1.165) is 0 Å². The SMILES string of the molecule is CC(=O)N1CCN(C(=O)c2ccc(Cl)cc2)[C@H](C(C)C)C1. The molecule has 0 N–H and O–H groups in total. The molecule has 114 valence electrons. The zero-order chi connectivity index (χ0) is 15.6. The molecule has 0 unspecified atom stereocenters. The highest BCUT2D eigenvalue weighted by atomic mass is 35.5. The van der Waals surface area contributed by atoms with Gasteiger partial charge in [-0.1, -0.05) is 25.4 Å². The molecule has 1 aromatic carbocycles. The minimum Gasteiger partial charge on any atom is -0.339 e. The molecule has 1 fully saturated rings. The summed E-state index contributed by atoms with van der Waals surface area (Å²) in [7, 11) is 0. The minimum atomic E-state index is 0.00793. The van der Waals surface area contributed by atoms with Gasteiger partial charge < -0.3 is 9.80 Å². The molecular formula is C16H21ClN2O2. The zero-order valence-electron chi connectivity index (χ0n) is 12.7. The van der Waals surface area contributed by atoms with Crippen LogP contribution in [-0.2, 0) is 4.79 Å². The number of halogens is 1. The maximum absolute atomic E-state index is 12.7. The maximum Gasteiger partial charge on any atom is 0.254 e. The molecule has 4 nitrogen and oxygen atoms in total.